The van der Waals surface area contributed by atoms with Crippen LogP contribution in [0.25, 0.3) is 11.4 Å². The lowest BCUT2D eigenvalue weighted by Gasteiger charge is -2.08. The number of hydrazone groups is 1. The molecule has 11 nitrogen and oxygen atoms in total. The molecule has 0 bridgehead atoms. The van der Waals surface area contributed by atoms with Gasteiger partial charge in [-0.25, -0.2) is 4.79 Å². The second kappa shape index (κ2) is 10.4. The molecule has 0 fully saturated rings. The zero-order chi connectivity index (χ0) is 23.1. The highest BCUT2D eigenvalue weighted by Gasteiger charge is 2.21. The van der Waals surface area contributed by atoms with E-state index in [0.717, 1.165) is 17.3 Å². The molecule has 12 heteroatoms. The van der Waals surface area contributed by atoms with Gasteiger partial charge in [0, 0.05) is 18.7 Å². The summed E-state index contributed by atoms with van der Waals surface area (Å²) < 4.78 is 11.9. The minimum absolute atomic E-state index is 0.0817. The van der Waals surface area contributed by atoms with Crippen LogP contribution in [-0.2, 0) is 16.6 Å². The van der Waals surface area contributed by atoms with Gasteiger partial charge in [-0.1, -0.05) is 12.1 Å². The molecule has 32 heavy (non-hydrogen) atoms. The topological polar surface area (TPSA) is 134 Å². The molecule has 0 aliphatic rings. The largest absolute Gasteiger partial charge is 0.497 e. The summed E-state index contributed by atoms with van der Waals surface area (Å²) in [4.78, 5) is 23.1. The smallest absolute Gasteiger partial charge is 0.365 e. The number of hydrogen-bond acceptors (Lipinski definition) is 10. The minimum atomic E-state index is -0.697. The maximum absolute atomic E-state index is 12.4. The highest BCUT2D eigenvalue weighted by atomic mass is 32.2. The summed E-state index contributed by atoms with van der Waals surface area (Å²) in [6, 6.07) is 13.3. The van der Waals surface area contributed by atoms with Crippen molar-refractivity contribution in [2.45, 2.75) is 12.1 Å². The van der Waals surface area contributed by atoms with Gasteiger partial charge in [0.25, 0.3) is 5.69 Å². The molecule has 0 saturated carbocycles. The van der Waals surface area contributed by atoms with Gasteiger partial charge in [0.1, 0.15) is 11.4 Å². The molecule has 0 aliphatic heterocycles. The number of benzene rings is 2. The van der Waals surface area contributed by atoms with Crippen molar-refractivity contribution in [1.29, 1.82) is 0 Å². The average Bonchev–Trinajstić information content (AvgIpc) is 3.16. The Bertz CT molecular complexity index is 1150. The van der Waals surface area contributed by atoms with Crippen LogP contribution >= 0.6 is 11.8 Å². The Morgan fingerprint density at radius 3 is 2.59 bits per heavy atom. The normalized spacial score (nSPS) is 11.2. The van der Waals surface area contributed by atoms with Crippen molar-refractivity contribution in [3.8, 4) is 17.1 Å². The van der Waals surface area contributed by atoms with E-state index in [1.54, 1.807) is 43.8 Å². The van der Waals surface area contributed by atoms with Crippen LogP contribution in [0.1, 0.15) is 6.92 Å². The third-order valence-corrected chi connectivity index (χ3v) is 5.19. The fraction of sp³-hybridized carbons (Fsp3) is 0.200. The Balaban J connectivity index is 1.88. The number of para-hydroxylation sites is 2. The van der Waals surface area contributed by atoms with Crippen molar-refractivity contribution < 1.29 is 19.2 Å². The van der Waals surface area contributed by atoms with Crippen LogP contribution < -0.4 is 10.2 Å². The Labute approximate surface area is 187 Å². The maximum atomic E-state index is 12.4. The van der Waals surface area contributed by atoms with Crippen LogP contribution in [0.15, 0.2) is 58.8 Å². The van der Waals surface area contributed by atoms with E-state index in [4.69, 9.17) is 9.47 Å². The minimum Gasteiger partial charge on any atom is -0.497 e. The van der Waals surface area contributed by atoms with Gasteiger partial charge in [0.2, 0.25) is 5.04 Å². The molecular formula is C20H20N6O5S. The lowest BCUT2D eigenvalue weighted by atomic mass is 10.2. The summed E-state index contributed by atoms with van der Waals surface area (Å²) in [5.74, 6) is 0.589. The van der Waals surface area contributed by atoms with Crippen LogP contribution in [0.5, 0.6) is 5.75 Å². The molecule has 2 aromatic carbocycles. The van der Waals surface area contributed by atoms with E-state index in [9.17, 15) is 14.9 Å². The Kier molecular flexibility index (Phi) is 7.39. The summed E-state index contributed by atoms with van der Waals surface area (Å²) in [6.07, 6.45) is 0. The number of thioether (sulfide) groups is 1. The third kappa shape index (κ3) is 5.21. The zero-order valence-corrected chi connectivity index (χ0v) is 18.3. The molecule has 3 aromatic rings. The Morgan fingerprint density at radius 1 is 1.22 bits per heavy atom. The van der Waals surface area contributed by atoms with Crippen LogP contribution in [0.2, 0.25) is 0 Å². The highest BCUT2D eigenvalue weighted by molar-refractivity contribution is 8.15. The number of carbonyl (C=O) groups excluding carboxylic acids is 1. The number of carbonyl (C=O) groups is 1. The lowest BCUT2D eigenvalue weighted by molar-refractivity contribution is -0.384. The number of hydrogen-bond donors (Lipinski definition) is 1. The standard InChI is InChI=1S/C20H20N6O5S/c1-4-31-19(27)18(23-21-15-7-5-6-8-16(15)26(28)29)32-20-24-22-17(25(20)2)13-9-11-14(30-3)12-10-13/h5-12,21H,4H2,1-3H3. The summed E-state index contributed by atoms with van der Waals surface area (Å²) in [7, 11) is 3.33. The summed E-state index contributed by atoms with van der Waals surface area (Å²) >= 11 is 0.928. The molecule has 0 saturated heterocycles. The number of nitrogens with one attached hydrogen (secondary N) is 1. The van der Waals surface area contributed by atoms with E-state index in [2.05, 4.69) is 20.7 Å². The molecule has 0 amide bonds. The molecule has 0 radical (unpaired) electrons. The van der Waals surface area contributed by atoms with Gasteiger partial charge in [-0.2, -0.15) is 5.10 Å². The molecule has 1 aromatic heterocycles. The van der Waals surface area contributed by atoms with Crippen molar-refractivity contribution in [1.82, 2.24) is 14.8 Å². The van der Waals surface area contributed by atoms with Gasteiger partial charge in [0.15, 0.2) is 11.0 Å². The number of nitrogens with zero attached hydrogens (tertiary/aromatic N) is 5. The molecule has 3 rings (SSSR count). The second-order valence-corrected chi connectivity index (χ2v) is 7.18. The van der Waals surface area contributed by atoms with E-state index < -0.39 is 10.9 Å². The van der Waals surface area contributed by atoms with Crippen LogP contribution in [0.4, 0.5) is 11.4 Å². The summed E-state index contributed by atoms with van der Waals surface area (Å²) in [6.45, 7) is 1.81. The molecule has 0 unspecified atom stereocenters. The number of aromatic nitrogens is 3. The van der Waals surface area contributed by atoms with Gasteiger partial charge in [-0.15, -0.1) is 10.2 Å². The molecule has 0 aliphatic carbocycles. The maximum Gasteiger partial charge on any atom is 0.365 e. The predicted molar refractivity (Wildman–Crippen MR) is 120 cm³/mol. The summed E-state index contributed by atoms with van der Waals surface area (Å²) in [5.41, 5.74) is 3.34. The molecular weight excluding hydrogens is 436 g/mol. The summed E-state index contributed by atoms with van der Waals surface area (Å²) in [5, 5.41) is 23.9. The van der Waals surface area contributed by atoms with Crippen LogP contribution in [-0.4, -0.2) is 44.4 Å². The van der Waals surface area contributed by atoms with E-state index in [0.29, 0.717) is 16.7 Å². The number of methoxy groups -OCH3 is 1. The van der Waals surface area contributed by atoms with E-state index in [-0.39, 0.29) is 23.0 Å². The quantitative estimate of drug-likeness (QED) is 0.142. The highest BCUT2D eigenvalue weighted by Crippen LogP contribution is 2.27. The first kappa shape index (κ1) is 22.7. The van der Waals surface area contributed by atoms with Crippen LogP contribution in [0.3, 0.4) is 0 Å². The Morgan fingerprint density at radius 2 is 1.94 bits per heavy atom. The fourth-order valence-corrected chi connectivity index (χ4v) is 3.33. The fourth-order valence-electron chi connectivity index (χ4n) is 2.62. The molecule has 1 N–H and O–H groups in total. The third-order valence-electron chi connectivity index (χ3n) is 4.20. The van der Waals surface area contributed by atoms with Gasteiger partial charge >= 0.3 is 5.97 Å². The van der Waals surface area contributed by atoms with Gasteiger partial charge in [-0.05, 0) is 49.0 Å². The SMILES string of the molecule is CCOC(=O)C(=NNc1ccccc1[N+](=O)[O-])Sc1nnc(-c2ccc(OC)cc2)n1C. The molecule has 166 valence electrons. The van der Waals surface area contributed by atoms with E-state index in [1.807, 2.05) is 12.1 Å². The van der Waals surface area contributed by atoms with Crippen molar-refractivity contribution in [3.05, 3.63) is 58.6 Å². The van der Waals surface area contributed by atoms with E-state index in [1.165, 1.54) is 18.2 Å². The van der Waals surface area contributed by atoms with E-state index >= 15 is 0 Å². The molecule has 0 atom stereocenters. The Hall–Kier alpha value is -3.93. The van der Waals surface area contributed by atoms with Crippen LogP contribution in [0, 0.1) is 10.1 Å². The average molecular weight is 456 g/mol. The van der Waals surface area contributed by atoms with Gasteiger partial charge in [0.05, 0.1) is 18.6 Å². The first-order valence-electron chi connectivity index (χ1n) is 9.40. The number of nitro benzene ring substituents is 1. The molecule has 0 spiro atoms. The van der Waals surface area contributed by atoms with Gasteiger partial charge in [-0.3, -0.25) is 15.5 Å². The first-order valence-corrected chi connectivity index (χ1v) is 10.2. The number of anilines is 1. The number of nitro groups is 1. The second-order valence-electron chi connectivity index (χ2n) is 6.22. The van der Waals surface area contributed by atoms with Crippen molar-refractivity contribution in [3.63, 3.8) is 0 Å². The number of ether oxygens (including phenoxy) is 2. The number of rotatable bonds is 7. The molecule has 1 heterocycles. The zero-order valence-electron chi connectivity index (χ0n) is 17.5. The predicted octanol–water partition coefficient (Wildman–Crippen LogP) is 3.48. The van der Waals surface area contributed by atoms with Crippen molar-refractivity contribution in [2.75, 3.05) is 19.1 Å². The number of esters is 1. The monoisotopic (exact) mass is 456 g/mol. The lowest BCUT2D eigenvalue weighted by Crippen LogP contribution is -2.17. The van der Waals surface area contributed by atoms with Gasteiger partial charge < -0.3 is 14.0 Å². The van der Waals surface area contributed by atoms with Crippen molar-refractivity contribution in [2.24, 2.45) is 12.1 Å². The first-order chi connectivity index (χ1) is 15.4. The van der Waals surface area contributed by atoms with Crippen molar-refractivity contribution >= 4 is 34.1 Å².